The summed E-state index contributed by atoms with van der Waals surface area (Å²) in [6.07, 6.45) is 1.43. The molecule has 0 heterocycles. The predicted octanol–water partition coefficient (Wildman–Crippen LogP) is 2.79. The molecule has 4 N–H and O–H groups in total. The van der Waals surface area contributed by atoms with Gasteiger partial charge in [-0.05, 0) is 24.6 Å². The summed E-state index contributed by atoms with van der Waals surface area (Å²) in [5.74, 6) is -0.481. The van der Waals surface area contributed by atoms with E-state index in [1.54, 1.807) is 18.2 Å². The molecule has 1 aromatic rings. The van der Waals surface area contributed by atoms with Gasteiger partial charge in [0.15, 0.2) is 0 Å². The fraction of sp³-hybridized carbons (Fsp3) is 0.385. The van der Waals surface area contributed by atoms with Gasteiger partial charge in [0, 0.05) is 12.6 Å². The number of benzene rings is 1. The van der Waals surface area contributed by atoms with Crippen LogP contribution in [-0.2, 0) is 9.59 Å². The lowest BCUT2D eigenvalue weighted by Gasteiger charge is -2.13. The van der Waals surface area contributed by atoms with Crippen molar-refractivity contribution < 1.29 is 9.59 Å². The highest BCUT2D eigenvalue weighted by molar-refractivity contribution is 6.34. The minimum atomic E-state index is -0.564. The van der Waals surface area contributed by atoms with Crippen molar-refractivity contribution in [2.75, 3.05) is 10.6 Å². The SMILES string of the molecule is CCCC(N)C(=O)Nc1cc(NC(C)=O)ccc1Cl.Cl. The number of hydrogen-bond donors (Lipinski definition) is 3. The molecular formula is C13H19Cl2N3O2. The number of hydrogen-bond acceptors (Lipinski definition) is 3. The zero-order valence-electron chi connectivity index (χ0n) is 11.4. The highest BCUT2D eigenvalue weighted by Crippen LogP contribution is 2.25. The lowest BCUT2D eigenvalue weighted by atomic mass is 10.1. The number of carbonyl (C=O) groups is 2. The molecule has 0 aromatic heterocycles. The van der Waals surface area contributed by atoms with Crippen molar-refractivity contribution in [3.63, 3.8) is 0 Å². The van der Waals surface area contributed by atoms with Crippen LogP contribution in [0.3, 0.4) is 0 Å². The first-order valence-electron chi connectivity index (χ1n) is 6.07. The van der Waals surface area contributed by atoms with E-state index in [1.807, 2.05) is 6.92 Å². The molecule has 1 atom stereocenters. The fourth-order valence-electron chi connectivity index (χ4n) is 1.57. The first-order valence-corrected chi connectivity index (χ1v) is 6.45. The van der Waals surface area contributed by atoms with Crippen molar-refractivity contribution in [2.24, 2.45) is 5.73 Å². The average Bonchev–Trinajstić information content (AvgIpc) is 2.33. The van der Waals surface area contributed by atoms with Crippen LogP contribution in [0.2, 0.25) is 5.02 Å². The van der Waals surface area contributed by atoms with Crippen LogP contribution in [0.1, 0.15) is 26.7 Å². The molecule has 0 bridgehead atoms. The summed E-state index contributed by atoms with van der Waals surface area (Å²) in [4.78, 5) is 22.8. The molecule has 0 aliphatic heterocycles. The van der Waals surface area contributed by atoms with Gasteiger partial charge in [-0.25, -0.2) is 0 Å². The number of nitrogens with one attached hydrogen (secondary N) is 2. The van der Waals surface area contributed by atoms with Crippen molar-refractivity contribution in [2.45, 2.75) is 32.7 Å². The fourth-order valence-corrected chi connectivity index (χ4v) is 1.73. The molecular weight excluding hydrogens is 301 g/mol. The first-order chi connectivity index (χ1) is 8.93. The maximum atomic E-state index is 11.8. The minimum Gasteiger partial charge on any atom is -0.326 e. The summed E-state index contributed by atoms with van der Waals surface area (Å²) < 4.78 is 0. The molecule has 0 aliphatic carbocycles. The molecule has 0 saturated carbocycles. The van der Waals surface area contributed by atoms with Gasteiger partial charge in [-0.2, -0.15) is 0 Å². The summed E-state index contributed by atoms with van der Waals surface area (Å²) in [5, 5.41) is 5.68. The Balaban J connectivity index is 0.00000361. The van der Waals surface area contributed by atoms with Crippen LogP contribution in [0, 0.1) is 0 Å². The van der Waals surface area contributed by atoms with Gasteiger partial charge < -0.3 is 16.4 Å². The number of amides is 2. The molecule has 0 saturated heterocycles. The lowest BCUT2D eigenvalue weighted by molar-refractivity contribution is -0.117. The molecule has 0 fully saturated rings. The maximum absolute atomic E-state index is 11.8. The van der Waals surface area contributed by atoms with E-state index >= 15 is 0 Å². The van der Waals surface area contributed by atoms with E-state index in [4.69, 9.17) is 17.3 Å². The van der Waals surface area contributed by atoms with Crippen LogP contribution < -0.4 is 16.4 Å². The van der Waals surface area contributed by atoms with Crippen molar-refractivity contribution in [1.29, 1.82) is 0 Å². The van der Waals surface area contributed by atoms with Gasteiger partial charge >= 0.3 is 0 Å². The van der Waals surface area contributed by atoms with Crippen LogP contribution >= 0.6 is 24.0 Å². The second kappa shape index (κ2) is 8.79. The maximum Gasteiger partial charge on any atom is 0.241 e. The van der Waals surface area contributed by atoms with Gasteiger partial charge in [-0.3, -0.25) is 9.59 Å². The molecule has 5 nitrogen and oxygen atoms in total. The van der Waals surface area contributed by atoms with Crippen LogP contribution in [0.25, 0.3) is 0 Å². The molecule has 0 radical (unpaired) electrons. The monoisotopic (exact) mass is 319 g/mol. The molecule has 0 spiro atoms. The number of rotatable bonds is 5. The number of anilines is 2. The Bertz CT molecular complexity index is 481. The molecule has 1 unspecified atom stereocenters. The molecule has 2 amide bonds. The first kappa shape index (κ1) is 18.7. The zero-order valence-corrected chi connectivity index (χ0v) is 13.0. The zero-order chi connectivity index (χ0) is 14.4. The van der Waals surface area contributed by atoms with Gasteiger partial charge in [0.25, 0.3) is 0 Å². The minimum absolute atomic E-state index is 0. The van der Waals surface area contributed by atoms with E-state index in [0.29, 0.717) is 22.8 Å². The molecule has 20 heavy (non-hydrogen) atoms. The molecule has 1 rings (SSSR count). The van der Waals surface area contributed by atoms with E-state index in [-0.39, 0.29) is 24.2 Å². The van der Waals surface area contributed by atoms with E-state index in [2.05, 4.69) is 10.6 Å². The third-order valence-electron chi connectivity index (χ3n) is 2.48. The van der Waals surface area contributed by atoms with Crippen LogP contribution in [0.15, 0.2) is 18.2 Å². The topological polar surface area (TPSA) is 84.2 Å². The third-order valence-corrected chi connectivity index (χ3v) is 2.81. The van der Waals surface area contributed by atoms with Crippen molar-refractivity contribution >= 4 is 47.2 Å². The van der Waals surface area contributed by atoms with Gasteiger partial charge in [0.05, 0.1) is 16.8 Å². The van der Waals surface area contributed by atoms with Crippen LogP contribution in [0.4, 0.5) is 11.4 Å². The summed E-state index contributed by atoms with van der Waals surface area (Å²) in [5.41, 5.74) is 6.72. The molecule has 7 heteroatoms. The van der Waals surface area contributed by atoms with Crippen LogP contribution in [0.5, 0.6) is 0 Å². The summed E-state index contributed by atoms with van der Waals surface area (Å²) in [7, 11) is 0. The molecule has 0 aliphatic rings. The van der Waals surface area contributed by atoms with Crippen molar-refractivity contribution in [3.8, 4) is 0 Å². The predicted molar refractivity (Wildman–Crippen MR) is 84.5 cm³/mol. The lowest BCUT2D eigenvalue weighted by Crippen LogP contribution is -2.35. The third kappa shape index (κ3) is 5.77. The Labute approximate surface area is 129 Å². The van der Waals surface area contributed by atoms with E-state index in [0.717, 1.165) is 6.42 Å². The molecule has 112 valence electrons. The summed E-state index contributed by atoms with van der Waals surface area (Å²) in [6, 6.07) is 4.30. The Morgan fingerprint density at radius 1 is 1.35 bits per heavy atom. The van der Waals surface area contributed by atoms with E-state index in [1.165, 1.54) is 6.92 Å². The normalized spacial score (nSPS) is 11.2. The second-order valence-corrected chi connectivity index (χ2v) is 4.67. The van der Waals surface area contributed by atoms with Gasteiger partial charge in [0.2, 0.25) is 11.8 Å². The summed E-state index contributed by atoms with van der Waals surface area (Å²) in [6.45, 7) is 3.36. The van der Waals surface area contributed by atoms with Crippen molar-refractivity contribution in [3.05, 3.63) is 23.2 Å². The Morgan fingerprint density at radius 2 is 2.00 bits per heavy atom. The van der Waals surface area contributed by atoms with Crippen LogP contribution in [-0.4, -0.2) is 17.9 Å². The standard InChI is InChI=1S/C13H18ClN3O2.ClH/c1-3-4-11(15)13(19)17-12-7-9(16-8(2)18)5-6-10(12)14;/h5-7,11H,3-4,15H2,1-2H3,(H,16,18)(H,17,19);1H. The Kier molecular flexibility index (Phi) is 8.22. The quantitative estimate of drug-likeness (QED) is 0.780. The number of halogens is 2. The highest BCUT2D eigenvalue weighted by Gasteiger charge is 2.14. The second-order valence-electron chi connectivity index (χ2n) is 4.26. The summed E-state index contributed by atoms with van der Waals surface area (Å²) >= 11 is 5.99. The smallest absolute Gasteiger partial charge is 0.241 e. The van der Waals surface area contributed by atoms with E-state index < -0.39 is 6.04 Å². The number of carbonyl (C=O) groups excluding carboxylic acids is 2. The van der Waals surface area contributed by atoms with Gasteiger partial charge in [-0.15, -0.1) is 12.4 Å². The Morgan fingerprint density at radius 3 is 2.55 bits per heavy atom. The number of nitrogens with two attached hydrogens (primary N) is 1. The largest absolute Gasteiger partial charge is 0.326 e. The van der Waals surface area contributed by atoms with E-state index in [9.17, 15) is 9.59 Å². The Hall–Kier alpha value is -1.30. The van der Waals surface area contributed by atoms with Gasteiger partial charge in [-0.1, -0.05) is 24.9 Å². The highest BCUT2D eigenvalue weighted by atomic mass is 35.5. The average molecular weight is 320 g/mol. The molecule has 1 aromatic carbocycles. The van der Waals surface area contributed by atoms with Gasteiger partial charge in [0.1, 0.15) is 0 Å². The van der Waals surface area contributed by atoms with Crippen molar-refractivity contribution in [1.82, 2.24) is 0 Å².